The Morgan fingerprint density at radius 2 is 1.76 bits per heavy atom. The van der Waals surface area contributed by atoms with E-state index in [4.69, 9.17) is 4.52 Å². The molecule has 1 unspecified atom stereocenters. The van der Waals surface area contributed by atoms with Crippen LogP contribution in [0.25, 0.3) is 11.4 Å². The van der Waals surface area contributed by atoms with Gasteiger partial charge in [-0.3, -0.25) is 9.69 Å². The smallest absolute Gasteiger partial charge is 0.241 e. The van der Waals surface area contributed by atoms with E-state index in [9.17, 15) is 13.2 Å². The van der Waals surface area contributed by atoms with Crippen LogP contribution >= 0.6 is 0 Å². The number of nitrogens with one attached hydrogen (secondary N) is 1. The van der Waals surface area contributed by atoms with Crippen LogP contribution in [0.1, 0.15) is 42.8 Å². The Hall–Kier alpha value is -3.04. The molecule has 0 bridgehead atoms. The number of hydrogen-bond donors (Lipinski definition) is 1. The SMILES string of the molecule is Cc1ccc(-c2noc(CN3CCC(C(=O)NC(C)c4ccc(S(C)(=O)=O)cc4)CC3)n2)cc1. The number of likely N-dealkylation sites (tertiary alicyclic amines) is 1. The predicted octanol–water partition coefficient (Wildman–Crippen LogP) is 3.54. The van der Waals surface area contributed by atoms with Crippen LogP contribution in [0.4, 0.5) is 0 Å². The number of rotatable bonds is 7. The molecule has 1 aromatic heterocycles. The van der Waals surface area contributed by atoms with E-state index in [0.29, 0.717) is 18.3 Å². The average molecular weight is 483 g/mol. The van der Waals surface area contributed by atoms with E-state index in [2.05, 4.69) is 20.4 Å². The highest BCUT2D eigenvalue weighted by Crippen LogP contribution is 2.23. The molecule has 1 amide bonds. The monoisotopic (exact) mass is 482 g/mol. The van der Waals surface area contributed by atoms with Gasteiger partial charge in [-0.15, -0.1) is 0 Å². The van der Waals surface area contributed by atoms with Crippen molar-refractivity contribution in [3.8, 4) is 11.4 Å². The number of benzene rings is 2. The maximum absolute atomic E-state index is 12.8. The van der Waals surface area contributed by atoms with Crippen molar-refractivity contribution in [1.82, 2.24) is 20.4 Å². The molecule has 4 rings (SSSR count). The molecule has 1 aliphatic rings. The van der Waals surface area contributed by atoms with Crippen molar-refractivity contribution in [2.24, 2.45) is 5.92 Å². The first-order valence-electron chi connectivity index (χ1n) is 11.4. The summed E-state index contributed by atoms with van der Waals surface area (Å²) >= 11 is 0. The summed E-state index contributed by atoms with van der Waals surface area (Å²) in [6.07, 6.45) is 2.69. The van der Waals surface area contributed by atoms with Gasteiger partial charge < -0.3 is 9.84 Å². The normalized spacial score (nSPS) is 16.3. The number of piperidine rings is 1. The summed E-state index contributed by atoms with van der Waals surface area (Å²) in [4.78, 5) is 19.8. The largest absolute Gasteiger partial charge is 0.349 e. The zero-order valence-electron chi connectivity index (χ0n) is 19.7. The van der Waals surface area contributed by atoms with Gasteiger partial charge in [-0.1, -0.05) is 47.1 Å². The second-order valence-electron chi connectivity index (χ2n) is 9.00. The zero-order valence-corrected chi connectivity index (χ0v) is 20.5. The summed E-state index contributed by atoms with van der Waals surface area (Å²) in [5.74, 6) is 1.13. The Morgan fingerprint density at radius 3 is 2.38 bits per heavy atom. The number of amides is 1. The minimum atomic E-state index is -3.23. The van der Waals surface area contributed by atoms with Crippen molar-refractivity contribution in [1.29, 1.82) is 0 Å². The van der Waals surface area contributed by atoms with Gasteiger partial charge in [0.1, 0.15) is 0 Å². The summed E-state index contributed by atoms with van der Waals surface area (Å²) in [5.41, 5.74) is 2.98. The van der Waals surface area contributed by atoms with Gasteiger partial charge in [-0.25, -0.2) is 8.42 Å². The standard InChI is InChI=1S/C25H30N4O4S/c1-17-4-6-20(7-5-17)24-27-23(33-28-24)16-29-14-12-21(13-15-29)25(30)26-18(2)19-8-10-22(11-9-19)34(3,31)32/h4-11,18,21H,12-16H2,1-3H3,(H,26,30). The van der Waals surface area contributed by atoms with Gasteiger partial charge in [-0.2, -0.15) is 4.98 Å². The molecule has 1 saturated heterocycles. The highest BCUT2D eigenvalue weighted by Gasteiger charge is 2.27. The Morgan fingerprint density at radius 1 is 1.12 bits per heavy atom. The van der Waals surface area contributed by atoms with Gasteiger partial charge in [0, 0.05) is 17.7 Å². The summed E-state index contributed by atoms with van der Waals surface area (Å²) in [6, 6.07) is 14.5. The van der Waals surface area contributed by atoms with E-state index >= 15 is 0 Å². The number of aromatic nitrogens is 2. The molecule has 0 saturated carbocycles. The van der Waals surface area contributed by atoms with Crippen LogP contribution in [-0.2, 0) is 21.2 Å². The number of sulfone groups is 1. The Kier molecular flexibility index (Phi) is 7.13. The molecule has 1 atom stereocenters. The van der Waals surface area contributed by atoms with Crippen LogP contribution in [0.3, 0.4) is 0 Å². The Balaban J connectivity index is 1.26. The molecule has 1 aliphatic heterocycles. The van der Waals surface area contributed by atoms with Gasteiger partial charge in [0.25, 0.3) is 0 Å². The average Bonchev–Trinajstić information content (AvgIpc) is 3.28. The van der Waals surface area contributed by atoms with Gasteiger partial charge in [0.15, 0.2) is 9.84 Å². The van der Waals surface area contributed by atoms with Crippen molar-refractivity contribution < 1.29 is 17.7 Å². The lowest BCUT2D eigenvalue weighted by molar-refractivity contribution is -0.127. The van der Waals surface area contributed by atoms with Gasteiger partial charge in [0.2, 0.25) is 17.6 Å². The first kappa shape index (κ1) is 24.1. The van der Waals surface area contributed by atoms with Crippen molar-refractivity contribution in [2.75, 3.05) is 19.3 Å². The van der Waals surface area contributed by atoms with Crippen LogP contribution in [0.2, 0.25) is 0 Å². The molecule has 3 aromatic rings. The summed E-state index contributed by atoms with van der Waals surface area (Å²) in [6.45, 7) is 6.06. The molecule has 0 aliphatic carbocycles. The number of hydrogen-bond acceptors (Lipinski definition) is 7. The molecule has 2 heterocycles. The molecule has 1 fully saturated rings. The molecule has 0 spiro atoms. The van der Waals surface area contributed by atoms with Crippen molar-refractivity contribution in [2.45, 2.75) is 44.2 Å². The molecule has 0 radical (unpaired) electrons. The third kappa shape index (κ3) is 5.90. The number of carbonyl (C=O) groups excluding carboxylic acids is 1. The van der Waals surface area contributed by atoms with E-state index in [1.165, 1.54) is 11.8 Å². The number of aryl methyl sites for hydroxylation is 1. The van der Waals surface area contributed by atoms with E-state index in [-0.39, 0.29) is 22.8 Å². The molecule has 34 heavy (non-hydrogen) atoms. The topological polar surface area (TPSA) is 105 Å². The maximum atomic E-state index is 12.8. The lowest BCUT2D eigenvalue weighted by Crippen LogP contribution is -2.40. The van der Waals surface area contributed by atoms with E-state index in [1.807, 2.05) is 38.1 Å². The first-order chi connectivity index (χ1) is 16.2. The van der Waals surface area contributed by atoms with Crippen LogP contribution < -0.4 is 5.32 Å². The predicted molar refractivity (Wildman–Crippen MR) is 129 cm³/mol. The van der Waals surface area contributed by atoms with Crippen LogP contribution in [0, 0.1) is 12.8 Å². The second-order valence-corrected chi connectivity index (χ2v) is 11.0. The fraction of sp³-hybridized carbons (Fsp3) is 0.400. The Bertz CT molecular complexity index is 1230. The number of nitrogens with zero attached hydrogens (tertiary/aromatic N) is 3. The van der Waals surface area contributed by atoms with Crippen LogP contribution in [-0.4, -0.2) is 48.7 Å². The van der Waals surface area contributed by atoms with Crippen molar-refractivity contribution in [3.05, 3.63) is 65.5 Å². The van der Waals surface area contributed by atoms with Crippen molar-refractivity contribution in [3.63, 3.8) is 0 Å². The van der Waals surface area contributed by atoms with E-state index < -0.39 is 9.84 Å². The van der Waals surface area contributed by atoms with Crippen molar-refractivity contribution >= 4 is 15.7 Å². The van der Waals surface area contributed by atoms with E-state index in [1.54, 1.807) is 24.3 Å². The quantitative estimate of drug-likeness (QED) is 0.549. The lowest BCUT2D eigenvalue weighted by Gasteiger charge is -2.30. The Labute approximate surface area is 200 Å². The molecule has 1 N–H and O–H groups in total. The molecule has 8 nitrogen and oxygen atoms in total. The van der Waals surface area contributed by atoms with E-state index in [0.717, 1.165) is 37.1 Å². The summed E-state index contributed by atoms with van der Waals surface area (Å²) in [7, 11) is -3.23. The van der Waals surface area contributed by atoms with Crippen LogP contribution in [0.15, 0.2) is 57.9 Å². The molecule has 180 valence electrons. The first-order valence-corrected chi connectivity index (χ1v) is 13.3. The highest BCUT2D eigenvalue weighted by atomic mass is 32.2. The lowest BCUT2D eigenvalue weighted by atomic mass is 9.95. The molecule has 9 heteroatoms. The molecular weight excluding hydrogens is 452 g/mol. The van der Waals surface area contributed by atoms with Crippen LogP contribution in [0.5, 0.6) is 0 Å². The number of carbonyl (C=O) groups is 1. The summed E-state index contributed by atoms with van der Waals surface area (Å²) in [5, 5.41) is 7.16. The fourth-order valence-electron chi connectivity index (χ4n) is 4.10. The third-order valence-corrected chi connectivity index (χ3v) is 7.39. The highest BCUT2D eigenvalue weighted by molar-refractivity contribution is 7.90. The van der Waals surface area contributed by atoms with Gasteiger partial charge >= 0.3 is 0 Å². The zero-order chi connectivity index (χ0) is 24.3. The molecule has 2 aromatic carbocycles. The second kappa shape index (κ2) is 10.1. The molecular formula is C25H30N4O4S. The minimum Gasteiger partial charge on any atom is -0.349 e. The van der Waals surface area contributed by atoms with Gasteiger partial charge in [-0.05, 0) is 57.5 Å². The minimum absolute atomic E-state index is 0.0267. The third-order valence-electron chi connectivity index (χ3n) is 6.26. The maximum Gasteiger partial charge on any atom is 0.241 e. The fourth-order valence-corrected chi connectivity index (χ4v) is 4.73. The van der Waals surface area contributed by atoms with Gasteiger partial charge in [0.05, 0.1) is 17.5 Å². The summed E-state index contributed by atoms with van der Waals surface area (Å²) < 4.78 is 28.7.